The van der Waals surface area contributed by atoms with Crippen molar-refractivity contribution < 1.29 is 36.6 Å². The summed E-state index contributed by atoms with van der Waals surface area (Å²) in [5.41, 5.74) is -2.04. The fraction of sp³-hybridized carbons (Fsp3) is 0.474. The molecule has 11 heteroatoms. The molecule has 1 amide bonds. The fourth-order valence-electron chi connectivity index (χ4n) is 3.41. The topological polar surface area (TPSA) is 67.6 Å². The predicted molar refractivity (Wildman–Crippen MR) is 95.4 cm³/mol. The first-order valence-corrected chi connectivity index (χ1v) is 9.18. The summed E-state index contributed by atoms with van der Waals surface area (Å²) in [6, 6.07) is 7.65. The number of carbonyl (C=O) groups is 1. The molecule has 1 aromatic carbocycles. The number of nitrogens with zero attached hydrogens (tertiary/aromatic N) is 3. The van der Waals surface area contributed by atoms with Gasteiger partial charge in [0.05, 0.1) is 5.69 Å². The summed E-state index contributed by atoms with van der Waals surface area (Å²) in [6.45, 7) is -2.36. The summed E-state index contributed by atoms with van der Waals surface area (Å²) >= 11 is 0. The van der Waals surface area contributed by atoms with Gasteiger partial charge in [-0.1, -0.05) is 0 Å². The Hall–Kier alpha value is -2.69. The van der Waals surface area contributed by atoms with Crippen molar-refractivity contribution in [2.24, 2.45) is 0 Å². The average Bonchev–Trinajstić information content (AvgIpc) is 3.16. The third-order valence-corrected chi connectivity index (χ3v) is 5.15. The third kappa shape index (κ3) is 4.40. The molecule has 0 bridgehead atoms. The molecule has 1 atom stereocenters. The molecular formula is C19H20F5N3O3. The predicted octanol–water partition coefficient (Wildman–Crippen LogP) is 3.49. The number of alkyl halides is 5. The van der Waals surface area contributed by atoms with Gasteiger partial charge in [0.15, 0.2) is 0 Å². The van der Waals surface area contributed by atoms with E-state index in [4.69, 9.17) is 0 Å². The molecule has 0 unspecified atom stereocenters. The van der Waals surface area contributed by atoms with Crippen LogP contribution < -0.4 is 4.74 Å². The molecule has 2 aromatic rings. The van der Waals surface area contributed by atoms with Crippen molar-refractivity contribution in [1.29, 1.82) is 0 Å². The first-order valence-electron chi connectivity index (χ1n) is 9.18. The highest BCUT2D eigenvalue weighted by atomic mass is 19.4. The Balaban J connectivity index is 1.69. The highest BCUT2D eigenvalue weighted by Crippen LogP contribution is 2.35. The van der Waals surface area contributed by atoms with Crippen molar-refractivity contribution in [1.82, 2.24) is 14.7 Å². The van der Waals surface area contributed by atoms with Gasteiger partial charge in [-0.05, 0) is 50.1 Å². The van der Waals surface area contributed by atoms with Gasteiger partial charge in [0.25, 0.3) is 5.91 Å². The van der Waals surface area contributed by atoms with E-state index in [1.807, 2.05) is 0 Å². The summed E-state index contributed by atoms with van der Waals surface area (Å²) in [5, 5.41) is 13.8. The Labute approximate surface area is 168 Å². The van der Waals surface area contributed by atoms with Crippen molar-refractivity contribution in [2.45, 2.75) is 44.1 Å². The van der Waals surface area contributed by atoms with E-state index in [1.165, 1.54) is 12.1 Å². The molecule has 1 N–H and O–H groups in total. The summed E-state index contributed by atoms with van der Waals surface area (Å²) in [6.07, 6.45) is -2.72. The minimum absolute atomic E-state index is 0.00555. The molecule has 0 saturated carbocycles. The second-order valence-corrected chi connectivity index (χ2v) is 7.18. The van der Waals surface area contributed by atoms with Crippen molar-refractivity contribution in [3.8, 4) is 11.4 Å². The lowest BCUT2D eigenvalue weighted by Gasteiger charge is -2.36. The quantitative estimate of drug-likeness (QED) is 0.734. The Bertz CT molecular complexity index is 872. The normalized spacial score (nSPS) is 17.8. The number of rotatable bonds is 5. The van der Waals surface area contributed by atoms with Crippen LogP contribution in [0.5, 0.6) is 5.75 Å². The Morgan fingerprint density at radius 3 is 2.30 bits per heavy atom. The van der Waals surface area contributed by atoms with E-state index in [2.05, 4.69) is 9.84 Å². The van der Waals surface area contributed by atoms with Crippen LogP contribution in [0.15, 0.2) is 36.5 Å². The van der Waals surface area contributed by atoms with Gasteiger partial charge in [0.1, 0.15) is 5.75 Å². The van der Waals surface area contributed by atoms with Gasteiger partial charge >= 0.3 is 12.8 Å². The minimum atomic E-state index is -5.06. The van der Waals surface area contributed by atoms with Crippen LogP contribution in [0.25, 0.3) is 5.69 Å². The van der Waals surface area contributed by atoms with Crippen LogP contribution in [0.1, 0.15) is 31.4 Å². The molecule has 3 rings (SSSR count). The molecule has 30 heavy (non-hydrogen) atoms. The second kappa shape index (κ2) is 8.21. The smallest absolute Gasteiger partial charge is 0.426 e. The number of halogens is 5. The first-order chi connectivity index (χ1) is 14.0. The van der Waals surface area contributed by atoms with E-state index in [9.17, 15) is 31.9 Å². The van der Waals surface area contributed by atoms with Crippen LogP contribution >= 0.6 is 0 Å². The lowest BCUT2D eigenvalue weighted by Crippen LogP contribution is -2.57. The standard InChI is InChI=1S/C19H20F5N3O3/c1-18(29,19(22,23)24)16(28)26-10-7-12(8-11-26)15-6-9-25-27(15)13-2-4-14(5-3-13)30-17(20)21/h2-6,9,12,17,29H,7-8,10-11H2,1H3/t18-/m1/s1. The third-order valence-electron chi connectivity index (χ3n) is 5.15. The van der Waals surface area contributed by atoms with Crippen LogP contribution in [-0.2, 0) is 4.79 Å². The zero-order chi connectivity index (χ0) is 22.1. The molecule has 1 aromatic heterocycles. The van der Waals surface area contributed by atoms with Crippen LogP contribution in [0, 0.1) is 0 Å². The number of piperidine rings is 1. The first kappa shape index (κ1) is 22.0. The molecule has 6 nitrogen and oxygen atoms in total. The Morgan fingerprint density at radius 1 is 1.17 bits per heavy atom. The van der Waals surface area contributed by atoms with Gasteiger partial charge in [-0.3, -0.25) is 4.79 Å². The number of likely N-dealkylation sites (tertiary alicyclic amines) is 1. The maximum Gasteiger partial charge on any atom is 0.426 e. The summed E-state index contributed by atoms with van der Waals surface area (Å²) in [4.78, 5) is 13.1. The lowest BCUT2D eigenvalue weighted by molar-refractivity contribution is -0.250. The monoisotopic (exact) mass is 433 g/mol. The summed E-state index contributed by atoms with van der Waals surface area (Å²) < 4.78 is 69.2. The van der Waals surface area contributed by atoms with Gasteiger partial charge in [-0.25, -0.2) is 4.68 Å². The SMILES string of the molecule is C[C@@](O)(C(=O)N1CCC(c2ccnn2-c2ccc(OC(F)F)cc2)CC1)C(F)(F)F. The van der Waals surface area contributed by atoms with E-state index in [0.29, 0.717) is 25.5 Å². The number of benzene rings is 1. The molecule has 0 spiro atoms. The van der Waals surface area contributed by atoms with Crippen LogP contribution in [0.3, 0.4) is 0 Å². The van der Waals surface area contributed by atoms with Gasteiger partial charge < -0.3 is 14.7 Å². The van der Waals surface area contributed by atoms with Gasteiger partial charge in [0.2, 0.25) is 5.60 Å². The van der Waals surface area contributed by atoms with Crippen LogP contribution in [-0.4, -0.2) is 57.2 Å². The van der Waals surface area contributed by atoms with E-state index in [-0.39, 0.29) is 24.8 Å². The zero-order valence-electron chi connectivity index (χ0n) is 15.9. The molecule has 1 saturated heterocycles. The number of hydrogen-bond acceptors (Lipinski definition) is 4. The summed E-state index contributed by atoms with van der Waals surface area (Å²) in [5.74, 6) is -1.44. The number of carbonyl (C=O) groups excluding carboxylic acids is 1. The molecule has 0 radical (unpaired) electrons. The maximum absolute atomic E-state index is 12.9. The van der Waals surface area contributed by atoms with Gasteiger partial charge in [-0.2, -0.15) is 27.1 Å². The fourth-order valence-corrected chi connectivity index (χ4v) is 3.41. The molecule has 1 fully saturated rings. The number of amides is 1. The van der Waals surface area contributed by atoms with Crippen LogP contribution in [0.4, 0.5) is 22.0 Å². The maximum atomic E-state index is 12.9. The van der Waals surface area contributed by atoms with Crippen molar-refractivity contribution in [3.05, 3.63) is 42.2 Å². The Kier molecular flexibility index (Phi) is 6.02. The zero-order valence-corrected chi connectivity index (χ0v) is 15.9. The van der Waals surface area contributed by atoms with E-state index < -0.39 is 24.3 Å². The highest BCUT2D eigenvalue weighted by Gasteiger charge is 2.57. The van der Waals surface area contributed by atoms with Gasteiger partial charge in [0, 0.05) is 30.9 Å². The highest BCUT2D eigenvalue weighted by molar-refractivity contribution is 5.85. The van der Waals surface area contributed by atoms with Crippen LogP contribution in [0.2, 0.25) is 0 Å². The summed E-state index contributed by atoms with van der Waals surface area (Å²) in [7, 11) is 0. The molecule has 2 heterocycles. The number of aliphatic hydroxyl groups is 1. The van der Waals surface area contributed by atoms with Crippen molar-refractivity contribution >= 4 is 5.91 Å². The van der Waals surface area contributed by atoms with Crippen molar-refractivity contribution in [2.75, 3.05) is 13.1 Å². The molecule has 1 aliphatic rings. The van der Waals surface area contributed by atoms with Crippen molar-refractivity contribution in [3.63, 3.8) is 0 Å². The van der Waals surface area contributed by atoms with Gasteiger partial charge in [-0.15, -0.1) is 0 Å². The molecule has 164 valence electrons. The van der Waals surface area contributed by atoms with E-state index in [0.717, 1.165) is 10.6 Å². The number of hydrogen-bond donors (Lipinski definition) is 1. The number of aromatic nitrogens is 2. The number of ether oxygens (including phenoxy) is 1. The molecular weight excluding hydrogens is 413 g/mol. The largest absolute Gasteiger partial charge is 0.435 e. The average molecular weight is 433 g/mol. The van der Waals surface area contributed by atoms with E-state index in [1.54, 1.807) is 29.1 Å². The lowest BCUT2D eigenvalue weighted by atomic mass is 9.92. The molecule has 1 aliphatic heterocycles. The Morgan fingerprint density at radius 2 is 1.77 bits per heavy atom. The molecule has 0 aliphatic carbocycles. The minimum Gasteiger partial charge on any atom is -0.435 e. The second-order valence-electron chi connectivity index (χ2n) is 7.18. The van der Waals surface area contributed by atoms with E-state index >= 15 is 0 Å².